The van der Waals surface area contributed by atoms with Crippen molar-refractivity contribution in [2.45, 2.75) is 18.9 Å². The van der Waals surface area contributed by atoms with Crippen molar-refractivity contribution in [3.8, 4) is 5.75 Å². The van der Waals surface area contributed by atoms with Gasteiger partial charge in [-0.2, -0.15) is 0 Å². The fourth-order valence-electron chi connectivity index (χ4n) is 2.50. The van der Waals surface area contributed by atoms with Gasteiger partial charge in [0.1, 0.15) is 18.1 Å². The molecule has 0 aliphatic carbocycles. The Morgan fingerprint density at radius 2 is 2.10 bits per heavy atom. The number of aldehydes is 1. The Labute approximate surface area is 121 Å². The van der Waals surface area contributed by atoms with E-state index in [1.54, 1.807) is 12.1 Å². The van der Waals surface area contributed by atoms with Gasteiger partial charge in [0, 0.05) is 12.5 Å². The minimum absolute atomic E-state index is 0.157. The molecule has 0 saturated carbocycles. The normalized spacial score (nSPS) is 19.7. The lowest BCUT2D eigenvalue weighted by Crippen LogP contribution is -2.16. The van der Waals surface area contributed by atoms with Crippen LogP contribution in [-0.4, -0.2) is 18.9 Å². The molecule has 108 valence electrons. The molecular formula is C16H14O5. The maximum atomic E-state index is 11.1. The predicted molar refractivity (Wildman–Crippen MR) is 73.3 cm³/mol. The summed E-state index contributed by atoms with van der Waals surface area (Å²) in [5.74, 6) is 1.03. The predicted octanol–water partition coefficient (Wildman–Crippen LogP) is 2.87. The molecule has 0 saturated heterocycles. The van der Waals surface area contributed by atoms with Gasteiger partial charge >= 0.3 is 5.97 Å². The zero-order valence-corrected chi connectivity index (χ0v) is 11.4. The first-order valence-electron chi connectivity index (χ1n) is 6.63. The summed E-state index contributed by atoms with van der Waals surface area (Å²) in [6.45, 7) is 1.57. The van der Waals surface area contributed by atoms with Crippen LogP contribution in [0.1, 0.15) is 40.8 Å². The summed E-state index contributed by atoms with van der Waals surface area (Å²) in [4.78, 5) is 21.8. The van der Waals surface area contributed by atoms with Crippen molar-refractivity contribution in [1.82, 2.24) is 0 Å². The molecule has 2 unspecified atom stereocenters. The number of carbonyl (C=O) groups excluding carboxylic acids is 2. The second-order valence-electron chi connectivity index (χ2n) is 4.84. The molecule has 3 rings (SSSR count). The van der Waals surface area contributed by atoms with Crippen LogP contribution < -0.4 is 4.74 Å². The van der Waals surface area contributed by atoms with Gasteiger partial charge in [-0.1, -0.05) is 18.2 Å². The van der Waals surface area contributed by atoms with E-state index in [-0.39, 0.29) is 24.3 Å². The van der Waals surface area contributed by atoms with Gasteiger partial charge in [-0.15, -0.1) is 0 Å². The highest BCUT2D eigenvalue weighted by Gasteiger charge is 2.38. The molecule has 0 fully saturated rings. The molecule has 1 aromatic carbocycles. The van der Waals surface area contributed by atoms with Crippen molar-refractivity contribution in [3.05, 3.63) is 53.5 Å². The van der Waals surface area contributed by atoms with Crippen LogP contribution >= 0.6 is 0 Å². The number of rotatable bonds is 4. The Morgan fingerprint density at radius 3 is 2.81 bits per heavy atom. The number of fused-ring (bicyclic) bond motifs is 1. The number of benzene rings is 1. The van der Waals surface area contributed by atoms with Crippen LogP contribution in [0, 0.1) is 0 Å². The van der Waals surface area contributed by atoms with Gasteiger partial charge in [0.05, 0.1) is 5.92 Å². The van der Waals surface area contributed by atoms with Crippen LogP contribution in [0.4, 0.5) is 0 Å². The quantitative estimate of drug-likeness (QED) is 0.638. The van der Waals surface area contributed by atoms with E-state index in [9.17, 15) is 9.59 Å². The van der Waals surface area contributed by atoms with Gasteiger partial charge in [-0.3, -0.25) is 9.59 Å². The lowest BCUT2D eigenvalue weighted by molar-refractivity contribution is -0.142. The molecule has 0 bridgehead atoms. The molecule has 21 heavy (non-hydrogen) atoms. The van der Waals surface area contributed by atoms with Gasteiger partial charge in [0.15, 0.2) is 18.2 Å². The van der Waals surface area contributed by atoms with Crippen LogP contribution in [0.25, 0.3) is 0 Å². The molecule has 0 amide bonds. The smallest absolute Gasteiger partial charge is 0.302 e. The van der Waals surface area contributed by atoms with Crippen molar-refractivity contribution in [1.29, 1.82) is 0 Å². The zero-order chi connectivity index (χ0) is 14.8. The lowest BCUT2D eigenvalue weighted by Gasteiger charge is -2.16. The van der Waals surface area contributed by atoms with Crippen LogP contribution in [-0.2, 0) is 9.53 Å². The van der Waals surface area contributed by atoms with Crippen molar-refractivity contribution < 1.29 is 23.5 Å². The fraction of sp³-hybridized carbons (Fsp3) is 0.250. The Kier molecular flexibility index (Phi) is 3.48. The fourth-order valence-corrected chi connectivity index (χ4v) is 2.50. The van der Waals surface area contributed by atoms with Gasteiger partial charge in [-0.05, 0) is 18.2 Å². The van der Waals surface area contributed by atoms with E-state index in [0.717, 1.165) is 11.3 Å². The summed E-state index contributed by atoms with van der Waals surface area (Å²) in [6.07, 6.45) is 0.239. The van der Waals surface area contributed by atoms with Crippen LogP contribution in [0.2, 0.25) is 0 Å². The standard InChI is InChI=1S/C16H14O5/c1-10(18)19-9-13-12-4-2-3-5-14(12)21-16(13)15-7-6-11(8-17)20-15/h2-8,13,16H,9H2,1H3. The van der Waals surface area contributed by atoms with E-state index in [1.807, 2.05) is 24.3 Å². The highest BCUT2D eigenvalue weighted by atomic mass is 16.5. The number of furan rings is 1. The maximum Gasteiger partial charge on any atom is 0.302 e. The molecule has 1 aliphatic heterocycles. The summed E-state index contributed by atoms with van der Waals surface area (Å²) in [5.41, 5.74) is 0.966. The van der Waals surface area contributed by atoms with E-state index in [1.165, 1.54) is 6.92 Å². The SMILES string of the molecule is CC(=O)OCC1c2ccccc2OC1c1ccc(C=O)o1. The Hall–Kier alpha value is -2.56. The Morgan fingerprint density at radius 1 is 1.29 bits per heavy atom. The molecule has 0 N–H and O–H groups in total. The maximum absolute atomic E-state index is 11.1. The van der Waals surface area contributed by atoms with Crippen molar-refractivity contribution >= 4 is 12.3 Å². The zero-order valence-electron chi connectivity index (χ0n) is 11.4. The minimum Gasteiger partial charge on any atom is -0.481 e. The van der Waals surface area contributed by atoms with E-state index in [2.05, 4.69) is 0 Å². The molecule has 2 atom stereocenters. The van der Waals surface area contributed by atoms with E-state index < -0.39 is 6.10 Å². The van der Waals surface area contributed by atoms with Gasteiger partial charge in [0.25, 0.3) is 0 Å². The summed E-state index contributed by atoms with van der Waals surface area (Å²) in [5, 5.41) is 0. The third-order valence-electron chi connectivity index (χ3n) is 3.45. The highest BCUT2D eigenvalue weighted by molar-refractivity contribution is 5.70. The van der Waals surface area contributed by atoms with Crippen LogP contribution in [0.15, 0.2) is 40.8 Å². The first kappa shape index (κ1) is 13.4. The van der Waals surface area contributed by atoms with Gasteiger partial charge in [0.2, 0.25) is 0 Å². The molecule has 0 spiro atoms. The average Bonchev–Trinajstić information content (AvgIpc) is 3.09. The molecule has 0 radical (unpaired) electrons. The first-order valence-corrected chi connectivity index (χ1v) is 6.63. The first-order chi connectivity index (χ1) is 10.2. The second kappa shape index (κ2) is 5.44. The monoisotopic (exact) mass is 286 g/mol. The van der Waals surface area contributed by atoms with Gasteiger partial charge in [-0.25, -0.2) is 0 Å². The average molecular weight is 286 g/mol. The van der Waals surface area contributed by atoms with Gasteiger partial charge < -0.3 is 13.9 Å². The number of hydrogen-bond acceptors (Lipinski definition) is 5. The summed E-state index contributed by atoms with van der Waals surface area (Å²) in [6, 6.07) is 10.9. The molecular weight excluding hydrogens is 272 g/mol. The molecule has 5 heteroatoms. The third-order valence-corrected chi connectivity index (χ3v) is 3.45. The number of carbonyl (C=O) groups is 2. The summed E-state index contributed by atoms with van der Waals surface area (Å²) in [7, 11) is 0. The molecule has 5 nitrogen and oxygen atoms in total. The van der Waals surface area contributed by atoms with Crippen molar-refractivity contribution in [2.75, 3.05) is 6.61 Å². The van der Waals surface area contributed by atoms with Crippen molar-refractivity contribution in [3.63, 3.8) is 0 Å². The summed E-state index contributed by atoms with van der Waals surface area (Å²) < 4.78 is 16.5. The van der Waals surface area contributed by atoms with E-state index in [0.29, 0.717) is 12.0 Å². The number of para-hydroxylation sites is 1. The largest absolute Gasteiger partial charge is 0.481 e. The second-order valence-corrected chi connectivity index (χ2v) is 4.84. The Balaban J connectivity index is 1.92. The highest BCUT2D eigenvalue weighted by Crippen LogP contribution is 2.46. The van der Waals surface area contributed by atoms with Crippen molar-refractivity contribution in [2.24, 2.45) is 0 Å². The summed E-state index contributed by atoms with van der Waals surface area (Å²) >= 11 is 0. The van der Waals surface area contributed by atoms with E-state index >= 15 is 0 Å². The van der Waals surface area contributed by atoms with E-state index in [4.69, 9.17) is 13.9 Å². The minimum atomic E-state index is -0.407. The lowest BCUT2D eigenvalue weighted by atomic mass is 9.95. The van der Waals surface area contributed by atoms with Crippen LogP contribution in [0.5, 0.6) is 5.75 Å². The molecule has 1 aromatic heterocycles. The molecule has 1 aliphatic rings. The number of ether oxygens (including phenoxy) is 2. The molecule has 2 aromatic rings. The topological polar surface area (TPSA) is 65.7 Å². The Bertz CT molecular complexity index is 673. The third kappa shape index (κ3) is 2.54. The number of esters is 1. The molecule has 2 heterocycles. The van der Waals surface area contributed by atoms with Crippen LogP contribution in [0.3, 0.4) is 0 Å². The number of hydrogen-bond donors (Lipinski definition) is 0.